The van der Waals surface area contributed by atoms with Gasteiger partial charge in [-0.2, -0.15) is 5.10 Å². The van der Waals surface area contributed by atoms with Crippen LogP contribution < -0.4 is 4.90 Å². The predicted octanol–water partition coefficient (Wildman–Crippen LogP) is 2.05. The fourth-order valence-corrected chi connectivity index (χ4v) is 3.83. The Hall–Kier alpha value is -1.69. The van der Waals surface area contributed by atoms with E-state index in [1.165, 1.54) is 0 Å². The van der Waals surface area contributed by atoms with Gasteiger partial charge in [0.05, 0.1) is 17.7 Å². The Morgan fingerprint density at radius 3 is 2.91 bits per heavy atom. The first kappa shape index (κ1) is 15.2. The van der Waals surface area contributed by atoms with E-state index < -0.39 is 0 Å². The summed E-state index contributed by atoms with van der Waals surface area (Å²) in [4.78, 5) is 11.2. The van der Waals surface area contributed by atoms with Crippen LogP contribution in [0.15, 0.2) is 6.33 Å². The van der Waals surface area contributed by atoms with Crippen LogP contribution in [-0.4, -0.2) is 44.6 Å². The normalized spacial score (nSPS) is 22.5. The zero-order valence-corrected chi connectivity index (χ0v) is 13.7. The Morgan fingerprint density at radius 1 is 1.36 bits per heavy atom. The summed E-state index contributed by atoms with van der Waals surface area (Å²) in [7, 11) is 1.91. The van der Waals surface area contributed by atoms with Crippen molar-refractivity contribution in [1.29, 1.82) is 0 Å². The summed E-state index contributed by atoms with van der Waals surface area (Å²) < 4.78 is 1.81. The third-order valence-corrected chi connectivity index (χ3v) is 4.85. The first-order valence-corrected chi connectivity index (χ1v) is 8.10. The van der Waals surface area contributed by atoms with E-state index >= 15 is 0 Å². The number of rotatable bonds is 4. The van der Waals surface area contributed by atoms with E-state index in [2.05, 4.69) is 26.9 Å². The Bertz CT molecular complexity index is 664. The van der Waals surface area contributed by atoms with Gasteiger partial charge in [0, 0.05) is 25.6 Å². The Morgan fingerprint density at radius 2 is 2.18 bits per heavy atom. The second-order valence-corrected chi connectivity index (χ2v) is 6.54. The topological polar surface area (TPSA) is 67.1 Å². The van der Waals surface area contributed by atoms with Gasteiger partial charge in [-0.25, -0.2) is 9.97 Å². The SMILES string of the molecule is CCC[C@@]1(CO)CCCN(c2ncnc3c2c(C)nn3C)C1. The van der Waals surface area contributed by atoms with Crippen LogP contribution >= 0.6 is 0 Å². The zero-order chi connectivity index (χ0) is 15.7. The second-order valence-electron chi connectivity index (χ2n) is 6.54. The number of aromatic nitrogens is 4. The third-order valence-electron chi connectivity index (χ3n) is 4.85. The van der Waals surface area contributed by atoms with E-state index in [0.29, 0.717) is 0 Å². The van der Waals surface area contributed by atoms with Gasteiger partial charge in [-0.1, -0.05) is 13.3 Å². The number of nitrogens with zero attached hydrogens (tertiary/aromatic N) is 5. The molecule has 1 saturated heterocycles. The Kier molecular flexibility index (Phi) is 4.04. The molecule has 6 nitrogen and oxygen atoms in total. The average molecular weight is 303 g/mol. The number of piperidine rings is 1. The molecule has 0 unspecified atom stereocenters. The van der Waals surface area contributed by atoms with Crippen molar-refractivity contribution in [1.82, 2.24) is 19.7 Å². The molecule has 0 aromatic carbocycles. The van der Waals surface area contributed by atoms with Crippen molar-refractivity contribution in [3.8, 4) is 0 Å². The molecule has 120 valence electrons. The predicted molar refractivity (Wildman–Crippen MR) is 86.9 cm³/mol. The highest BCUT2D eigenvalue weighted by Gasteiger charge is 2.35. The molecule has 0 saturated carbocycles. The van der Waals surface area contributed by atoms with Crippen LogP contribution in [0.1, 0.15) is 38.3 Å². The molecule has 0 amide bonds. The maximum Gasteiger partial charge on any atom is 0.163 e. The second kappa shape index (κ2) is 5.83. The lowest BCUT2D eigenvalue weighted by Crippen LogP contribution is -2.45. The van der Waals surface area contributed by atoms with E-state index in [4.69, 9.17) is 0 Å². The lowest BCUT2D eigenvalue weighted by Gasteiger charge is -2.42. The van der Waals surface area contributed by atoms with Crippen LogP contribution in [0.3, 0.4) is 0 Å². The van der Waals surface area contributed by atoms with Crippen LogP contribution in [0.4, 0.5) is 5.82 Å². The summed E-state index contributed by atoms with van der Waals surface area (Å²) in [6.07, 6.45) is 5.95. The van der Waals surface area contributed by atoms with E-state index in [0.717, 1.165) is 61.3 Å². The molecule has 3 heterocycles. The molecule has 1 N–H and O–H groups in total. The van der Waals surface area contributed by atoms with Crippen molar-refractivity contribution in [3.63, 3.8) is 0 Å². The van der Waals surface area contributed by atoms with Gasteiger partial charge >= 0.3 is 0 Å². The number of anilines is 1. The van der Waals surface area contributed by atoms with Gasteiger partial charge in [0.15, 0.2) is 5.65 Å². The summed E-state index contributed by atoms with van der Waals surface area (Å²) in [6.45, 7) is 6.27. The molecule has 0 radical (unpaired) electrons. The first-order valence-electron chi connectivity index (χ1n) is 8.10. The molecule has 6 heteroatoms. The minimum atomic E-state index is 0.000384. The summed E-state index contributed by atoms with van der Waals surface area (Å²) in [5.41, 5.74) is 1.84. The molecule has 22 heavy (non-hydrogen) atoms. The van der Waals surface area contributed by atoms with Crippen LogP contribution in [0, 0.1) is 12.3 Å². The van der Waals surface area contributed by atoms with E-state index in [1.54, 1.807) is 6.33 Å². The van der Waals surface area contributed by atoms with Crippen molar-refractivity contribution in [2.75, 3.05) is 24.6 Å². The molecule has 0 spiro atoms. The molecular weight excluding hydrogens is 278 g/mol. The van der Waals surface area contributed by atoms with Crippen LogP contribution in [0.2, 0.25) is 0 Å². The number of fused-ring (bicyclic) bond motifs is 1. The summed E-state index contributed by atoms with van der Waals surface area (Å²) in [6, 6.07) is 0. The summed E-state index contributed by atoms with van der Waals surface area (Å²) >= 11 is 0. The molecule has 0 bridgehead atoms. The van der Waals surface area contributed by atoms with Gasteiger partial charge in [-0.15, -0.1) is 0 Å². The van der Waals surface area contributed by atoms with Crippen molar-refractivity contribution in [2.24, 2.45) is 12.5 Å². The molecule has 1 aliphatic heterocycles. The maximum atomic E-state index is 9.93. The third kappa shape index (κ3) is 2.45. The van der Waals surface area contributed by atoms with Crippen LogP contribution in [0.5, 0.6) is 0 Å². The fraction of sp³-hybridized carbons (Fsp3) is 0.688. The van der Waals surface area contributed by atoms with Gasteiger partial charge < -0.3 is 10.0 Å². The quantitative estimate of drug-likeness (QED) is 0.936. The molecule has 0 aliphatic carbocycles. The van der Waals surface area contributed by atoms with Gasteiger partial charge in [0.25, 0.3) is 0 Å². The molecule has 1 fully saturated rings. The first-order chi connectivity index (χ1) is 10.6. The molecular formula is C16H25N5O. The number of hydrogen-bond acceptors (Lipinski definition) is 5. The van der Waals surface area contributed by atoms with Gasteiger partial charge in [-0.05, 0) is 26.2 Å². The standard InChI is InChI=1S/C16H25N5O/c1-4-6-16(10-22)7-5-8-21(9-16)15-13-12(2)19-20(3)14(13)17-11-18-15/h11,22H,4-10H2,1-3H3/t16-/m1/s1. The number of aryl methyl sites for hydroxylation is 2. The van der Waals surface area contributed by atoms with Gasteiger partial charge in [0.1, 0.15) is 12.1 Å². The van der Waals surface area contributed by atoms with Crippen molar-refractivity contribution in [2.45, 2.75) is 39.5 Å². The fourth-order valence-electron chi connectivity index (χ4n) is 3.83. The average Bonchev–Trinajstić information content (AvgIpc) is 2.83. The molecule has 1 atom stereocenters. The molecule has 1 aliphatic rings. The summed E-state index contributed by atoms with van der Waals surface area (Å²) in [5, 5.41) is 15.4. The largest absolute Gasteiger partial charge is 0.396 e. The van der Waals surface area contributed by atoms with Crippen LogP contribution in [0.25, 0.3) is 11.0 Å². The van der Waals surface area contributed by atoms with Crippen molar-refractivity contribution < 1.29 is 5.11 Å². The minimum Gasteiger partial charge on any atom is -0.396 e. The van der Waals surface area contributed by atoms with E-state index in [1.807, 2.05) is 18.7 Å². The molecule has 3 rings (SSSR count). The number of hydrogen-bond donors (Lipinski definition) is 1. The number of aliphatic hydroxyl groups is 1. The zero-order valence-electron chi connectivity index (χ0n) is 13.7. The highest BCUT2D eigenvalue weighted by atomic mass is 16.3. The Labute approximate surface area is 131 Å². The van der Waals surface area contributed by atoms with Crippen LogP contribution in [-0.2, 0) is 7.05 Å². The Balaban J connectivity index is 2.00. The molecule has 2 aromatic heterocycles. The lowest BCUT2D eigenvalue weighted by atomic mass is 9.77. The van der Waals surface area contributed by atoms with Gasteiger partial charge in [-0.3, -0.25) is 4.68 Å². The number of aliphatic hydroxyl groups excluding tert-OH is 1. The van der Waals surface area contributed by atoms with E-state index in [9.17, 15) is 5.11 Å². The van der Waals surface area contributed by atoms with Crippen molar-refractivity contribution >= 4 is 16.9 Å². The molecule has 2 aromatic rings. The minimum absolute atomic E-state index is 0.000384. The van der Waals surface area contributed by atoms with E-state index in [-0.39, 0.29) is 12.0 Å². The monoisotopic (exact) mass is 303 g/mol. The highest BCUT2D eigenvalue weighted by molar-refractivity contribution is 5.89. The summed E-state index contributed by atoms with van der Waals surface area (Å²) in [5.74, 6) is 0.962. The lowest BCUT2D eigenvalue weighted by molar-refractivity contribution is 0.0953. The highest BCUT2D eigenvalue weighted by Crippen LogP contribution is 2.37. The maximum absolute atomic E-state index is 9.93. The van der Waals surface area contributed by atoms with Gasteiger partial charge in [0.2, 0.25) is 0 Å². The van der Waals surface area contributed by atoms with Crippen molar-refractivity contribution in [3.05, 3.63) is 12.0 Å². The smallest absolute Gasteiger partial charge is 0.163 e.